The number of hydrogen-bond donors (Lipinski definition) is 1. The van der Waals surface area contributed by atoms with Crippen molar-refractivity contribution in [1.29, 1.82) is 0 Å². The van der Waals surface area contributed by atoms with Crippen LogP contribution in [0.4, 0.5) is 0 Å². The van der Waals surface area contributed by atoms with Crippen LogP contribution in [0.15, 0.2) is 29.1 Å². The number of pyridine rings is 1. The second-order valence-corrected chi connectivity index (χ2v) is 8.59. The molecule has 1 atom stereocenters. The Hall–Kier alpha value is -3.06. The monoisotopic (exact) mass is 421 g/mol. The largest absolute Gasteiger partial charge is 0.451 e. The zero-order valence-corrected chi connectivity index (χ0v) is 18.4. The van der Waals surface area contributed by atoms with E-state index in [9.17, 15) is 9.59 Å². The smallest absolute Gasteiger partial charge is 0.339 e. The molecular weight excluding hydrogens is 398 g/mol. The Morgan fingerprint density at radius 1 is 1.17 bits per heavy atom. The first-order valence-electron chi connectivity index (χ1n) is 9.90. The highest BCUT2D eigenvalue weighted by molar-refractivity contribution is 7.18. The van der Waals surface area contributed by atoms with Gasteiger partial charge in [0.05, 0.1) is 16.5 Å². The van der Waals surface area contributed by atoms with Crippen LogP contribution >= 0.6 is 11.3 Å². The average molecular weight is 422 g/mol. The van der Waals surface area contributed by atoms with Gasteiger partial charge in [0.2, 0.25) is 0 Å². The summed E-state index contributed by atoms with van der Waals surface area (Å²) in [7, 11) is 0. The van der Waals surface area contributed by atoms with E-state index in [2.05, 4.69) is 15.0 Å². The number of para-hydroxylation sites is 1. The molecule has 4 rings (SSSR count). The molecule has 3 aromatic heterocycles. The quantitative estimate of drug-likeness (QED) is 0.472. The van der Waals surface area contributed by atoms with Crippen molar-refractivity contribution in [2.24, 2.45) is 0 Å². The summed E-state index contributed by atoms with van der Waals surface area (Å²) in [5, 5.41) is 1.36. The fraction of sp³-hybridized carbons (Fsp3) is 0.304. The molecule has 0 fully saturated rings. The summed E-state index contributed by atoms with van der Waals surface area (Å²) in [6, 6.07) is 7.54. The van der Waals surface area contributed by atoms with Crippen LogP contribution in [0.25, 0.3) is 21.1 Å². The molecule has 0 aliphatic heterocycles. The van der Waals surface area contributed by atoms with E-state index in [0.29, 0.717) is 21.6 Å². The SMILES string of the molecule is CCc1nc2ccccc2c(C(=O)O[C@@H](C)c2nc3sc(C)c(C)c3c(=O)[nH]2)c1C. The molecule has 0 spiro atoms. The molecule has 0 saturated heterocycles. The summed E-state index contributed by atoms with van der Waals surface area (Å²) in [5.74, 6) is -0.108. The van der Waals surface area contributed by atoms with E-state index in [1.807, 2.05) is 52.0 Å². The average Bonchev–Trinajstić information content (AvgIpc) is 3.01. The van der Waals surface area contributed by atoms with Gasteiger partial charge < -0.3 is 9.72 Å². The highest BCUT2D eigenvalue weighted by atomic mass is 32.1. The van der Waals surface area contributed by atoms with E-state index in [1.54, 1.807) is 6.92 Å². The van der Waals surface area contributed by atoms with E-state index in [4.69, 9.17) is 4.74 Å². The fourth-order valence-corrected chi connectivity index (χ4v) is 4.74. The molecule has 0 bridgehead atoms. The van der Waals surface area contributed by atoms with Gasteiger partial charge in [-0.25, -0.2) is 9.78 Å². The molecule has 3 heterocycles. The van der Waals surface area contributed by atoms with Crippen LogP contribution in [0.1, 0.15) is 57.8 Å². The summed E-state index contributed by atoms with van der Waals surface area (Å²) >= 11 is 1.47. The van der Waals surface area contributed by atoms with Crippen LogP contribution in [-0.2, 0) is 11.2 Å². The number of thiophene rings is 1. The fourth-order valence-electron chi connectivity index (χ4n) is 3.70. The summed E-state index contributed by atoms with van der Waals surface area (Å²) in [6.45, 7) is 9.50. The van der Waals surface area contributed by atoms with Crippen molar-refractivity contribution < 1.29 is 9.53 Å². The number of carbonyl (C=O) groups is 1. The van der Waals surface area contributed by atoms with Crippen molar-refractivity contribution in [3.05, 3.63) is 67.7 Å². The molecule has 0 aliphatic carbocycles. The van der Waals surface area contributed by atoms with Crippen LogP contribution in [0.3, 0.4) is 0 Å². The van der Waals surface area contributed by atoms with E-state index >= 15 is 0 Å². The van der Waals surface area contributed by atoms with Gasteiger partial charge in [0, 0.05) is 16.0 Å². The van der Waals surface area contributed by atoms with E-state index in [-0.39, 0.29) is 5.56 Å². The van der Waals surface area contributed by atoms with Gasteiger partial charge in [0.25, 0.3) is 5.56 Å². The molecule has 1 aromatic carbocycles. The normalized spacial score (nSPS) is 12.4. The minimum atomic E-state index is -0.700. The number of aromatic amines is 1. The number of H-pyrrole nitrogens is 1. The number of aromatic nitrogens is 3. The van der Waals surface area contributed by atoms with Crippen LogP contribution in [0.5, 0.6) is 0 Å². The lowest BCUT2D eigenvalue weighted by Crippen LogP contribution is -2.18. The van der Waals surface area contributed by atoms with Gasteiger partial charge >= 0.3 is 5.97 Å². The van der Waals surface area contributed by atoms with Gasteiger partial charge in [0.1, 0.15) is 4.83 Å². The highest BCUT2D eigenvalue weighted by Crippen LogP contribution is 2.29. The number of fused-ring (bicyclic) bond motifs is 2. The van der Waals surface area contributed by atoms with Crippen molar-refractivity contribution in [2.75, 3.05) is 0 Å². The highest BCUT2D eigenvalue weighted by Gasteiger charge is 2.23. The first kappa shape index (κ1) is 20.2. The predicted molar refractivity (Wildman–Crippen MR) is 119 cm³/mol. The Kier molecular flexibility index (Phi) is 5.15. The summed E-state index contributed by atoms with van der Waals surface area (Å²) in [4.78, 5) is 39.5. The maximum Gasteiger partial charge on any atom is 0.339 e. The minimum Gasteiger partial charge on any atom is -0.451 e. The lowest BCUT2D eigenvalue weighted by Gasteiger charge is -2.16. The van der Waals surface area contributed by atoms with E-state index < -0.39 is 12.1 Å². The second kappa shape index (κ2) is 7.65. The third-order valence-corrected chi connectivity index (χ3v) is 6.60. The van der Waals surface area contributed by atoms with Crippen LogP contribution in [0, 0.1) is 20.8 Å². The zero-order valence-electron chi connectivity index (χ0n) is 17.6. The summed E-state index contributed by atoms with van der Waals surface area (Å²) < 4.78 is 5.76. The number of nitrogens with one attached hydrogen (secondary N) is 1. The Morgan fingerprint density at radius 2 is 1.90 bits per heavy atom. The number of nitrogens with zero attached hydrogens (tertiary/aromatic N) is 2. The van der Waals surface area contributed by atoms with Crippen LogP contribution < -0.4 is 5.56 Å². The minimum absolute atomic E-state index is 0.210. The first-order chi connectivity index (χ1) is 14.3. The summed E-state index contributed by atoms with van der Waals surface area (Å²) in [5.41, 5.74) is 3.68. The van der Waals surface area contributed by atoms with Crippen molar-refractivity contribution in [3.8, 4) is 0 Å². The number of esters is 1. The van der Waals surface area contributed by atoms with Crippen LogP contribution in [0.2, 0.25) is 0 Å². The van der Waals surface area contributed by atoms with Gasteiger partial charge in [-0.15, -0.1) is 11.3 Å². The number of hydrogen-bond acceptors (Lipinski definition) is 6. The van der Waals surface area contributed by atoms with Gasteiger partial charge in [-0.05, 0) is 51.3 Å². The molecular formula is C23H23N3O3S. The Balaban J connectivity index is 1.74. The Morgan fingerprint density at radius 3 is 2.63 bits per heavy atom. The third kappa shape index (κ3) is 3.29. The van der Waals surface area contributed by atoms with Crippen LogP contribution in [-0.4, -0.2) is 20.9 Å². The third-order valence-electron chi connectivity index (χ3n) is 5.50. The maximum absolute atomic E-state index is 13.2. The molecule has 0 saturated carbocycles. The lowest BCUT2D eigenvalue weighted by atomic mass is 10.0. The van der Waals surface area contributed by atoms with Gasteiger partial charge in [-0.2, -0.15) is 0 Å². The molecule has 0 aliphatic rings. The molecule has 7 heteroatoms. The number of benzene rings is 1. The molecule has 30 heavy (non-hydrogen) atoms. The number of rotatable bonds is 4. The second-order valence-electron chi connectivity index (χ2n) is 7.39. The molecule has 0 unspecified atom stereocenters. The summed E-state index contributed by atoms with van der Waals surface area (Å²) in [6.07, 6.45) is 0.0171. The van der Waals surface area contributed by atoms with Gasteiger partial charge in [0.15, 0.2) is 11.9 Å². The zero-order chi connectivity index (χ0) is 21.6. The molecule has 0 amide bonds. The van der Waals surface area contributed by atoms with Crippen molar-refractivity contribution >= 4 is 38.4 Å². The standard InChI is InChI=1S/C23H23N3O3S/c1-6-16-12(3)18(15-9-7-8-10-17(15)24-16)23(28)29-13(4)20-25-21(27)19-11(2)14(5)30-22(19)26-20/h7-10,13H,6H2,1-5H3,(H,25,26,27)/t13-/m0/s1. The Bertz CT molecular complexity index is 1350. The predicted octanol–water partition coefficient (Wildman–Crippen LogP) is 4.94. The van der Waals surface area contributed by atoms with Gasteiger partial charge in [-0.1, -0.05) is 25.1 Å². The molecule has 6 nitrogen and oxygen atoms in total. The first-order valence-corrected chi connectivity index (χ1v) is 10.7. The number of ether oxygens (including phenoxy) is 1. The topological polar surface area (TPSA) is 84.9 Å². The molecule has 0 radical (unpaired) electrons. The number of carbonyl (C=O) groups excluding carboxylic acids is 1. The molecule has 154 valence electrons. The van der Waals surface area contributed by atoms with E-state index in [0.717, 1.165) is 39.0 Å². The maximum atomic E-state index is 13.2. The van der Waals surface area contributed by atoms with E-state index in [1.165, 1.54) is 11.3 Å². The lowest BCUT2D eigenvalue weighted by molar-refractivity contribution is 0.0321. The Labute approximate surface area is 178 Å². The molecule has 1 N–H and O–H groups in total. The van der Waals surface area contributed by atoms with Crippen molar-refractivity contribution in [3.63, 3.8) is 0 Å². The number of aryl methyl sites for hydroxylation is 3. The van der Waals surface area contributed by atoms with Crippen molar-refractivity contribution in [1.82, 2.24) is 15.0 Å². The van der Waals surface area contributed by atoms with Gasteiger partial charge in [-0.3, -0.25) is 9.78 Å². The molecule has 4 aromatic rings. The van der Waals surface area contributed by atoms with Crippen molar-refractivity contribution in [2.45, 2.75) is 47.1 Å².